The van der Waals surface area contributed by atoms with Gasteiger partial charge in [0.25, 0.3) is 11.5 Å². The van der Waals surface area contributed by atoms with Crippen LogP contribution in [0.5, 0.6) is 0 Å². The fraction of sp³-hybridized carbons (Fsp3) is 0.158. The molecule has 2 amide bonds. The first-order chi connectivity index (χ1) is 13.0. The lowest BCUT2D eigenvalue weighted by Gasteiger charge is -2.13. The van der Waals surface area contributed by atoms with E-state index >= 15 is 0 Å². The largest absolute Gasteiger partial charge is 0.349 e. The zero-order valence-electron chi connectivity index (χ0n) is 14.6. The van der Waals surface area contributed by atoms with Crippen LogP contribution in [0.25, 0.3) is 0 Å². The summed E-state index contributed by atoms with van der Waals surface area (Å²) in [5.41, 5.74) is 1.10. The smallest absolute Gasteiger partial charge is 0.263 e. The summed E-state index contributed by atoms with van der Waals surface area (Å²) >= 11 is 1.20. The van der Waals surface area contributed by atoms with Gasteiger partial charge < -0.3 is 10.3 Å². The third kappa shape index (κ3) is 4.89. The monoisotopic (exact) mass is 382 g/mol. The van der Waals surface area contributed by atoms with Gasteiger partial charge in [-0.05, 0) is 24.6 Å². The molecule has 2 heterocycles. The Morgan fingerprint density at radius 1 is 1.19 bits per heavy atom. The van der Waals surface area contributed by atoms with Crippen LogP contribution in [0.1, 0.15) is 34.6 Å². The summed E-state index contributed by atoms with van der Waals surface area (Å²) in [6.07, 6.45) is 1.56. The molecule has 0 saturated heterocycles. The number of amides is 2. The molecule has 0 radical (unpaired) electrons. The van der Waals surface area contributed by atoms with E-state index in [0.29, 0.717) is 10.8 Å². The first-order valence-corrected chi connectivity index (χ1v) is 9.18. The second-order valence-corrected chi connectivity index (χ2v) is 6.75. The van der Waals surface area contributed by atoms with Crippen molar-refractivity contribution in [2.75, 3.05) is 5.32 Å². The molecule has 2 aromatic heterocycles. The molecule has 0 unspecified atom stereocenters. The molecule has 0 bridgehead atoms. The summed E-state index contributed by atoms with van der Waals surface area (Å²) in [4.78, 5) is 42.7. The van der Waals surface area contributed by atoms with Crippen molar-refractivity contribution in [3.63, 3.8) is 0 Å². The number of carbonyl (C=O) groups excluding carboxylic acids is 2. The van der Waals surface area contributed by atoms with Gasteiger partial charge in [0.2, 0.25) is 5.91 Å². The molecule has 7 nitrogen and oxygen atoms in total. The number of nitrogens with zero attached hydrogens (tertiary/aromatic N) is 1. The summed E-state index contributed by atoms with van der Waals surface area (Å²) in [5.74, 6) is -0.700. The molecule has 3 aromatic rings. The maximum absolute atomic E-state index is 12.2. The van der Waals surface area contributed by atoms with Crippen LogP contribution in [-0.2, 0) is 11.2 Å². The number of benzene rings is 1. The standard InChI is InChI=1S/C19H18N4O3S/c1-12(13-6-3-2-4-7-13)21-16(24)10-14-11-27-19(22-14)23-18(26)15-8-5-9-20-17(15)25/h2-9,11-12H,10H2,1H3,(H,20,25)(H,21,24)(H,22,23,26)/t12-/m0/s1. The Labute approximate surface area is 159 Å². The quantitative estimate of drug-likeness (QED) is 0.609. The highest BCUT2D eigenvalue weighted by Crippen LogP contribution is 2.17. The number of hydrogen-bond donors (Lipinski definition) is 3. The minimum atomic E-state index is -0.542. The molecular weight excluding hydrogens is 364 g/mol. The van der Waals surface area contributed by atoms with E-state index in [1.165, 1.54) is 23.6 Å². The highest BCUT2D eigenvalue weighted by atomic mass is 32.1. The molecular formula is C19H18N4O3S. The van der Waals surface area contributed by atoms with Crippen LogP contribution in [0.2, 0.25) is 0 Å². The second-order valence-electron chi connectivity index (χ2n) is 5.89. The Bertz CT molecular complexity index is 997. The zero-order valence-corrected chi connectivity index (χ0v) is 15.4. The molecule has 0 aliphatic rings. The van der Waals surface area contributed by atoms with E-state index in [1.54, 1.807) is 11.4 Å². The van der Waals surface area contributed by atoms with Crippen LogP contribution in [0, 0.1) is 0 Å². The van der Waals surface area contributed by atoms with Gasteiger partial charge >= 0.3 is 0 Å². The Kier molecular flexibility index (Phi) is 5.77. The molecule has 0 saturated carbocycles. The number of H-pyrrole nitrogens is 1. The van der Waals surface area contributed by atoms with E-state index in [1.807, 2.05) is 37.3 Å². The first kappa shape index (κ1) is 18.5. The van der Waals surface area contributed by atoms with Crippen LogP contribution >= 0.6 is 11.3 Å². The predicted octanol–water partition coefficient (Wildman–Crippen LogP) is 2.50. The van der Waals surface area contributed by atoms with Crippen molar-refractivity contribution in [1.82, 2.24) is 15.3 Å². The van der Waals surface area contributed by atoms with E-state index in [0.717, 1.165) is 5.56 Å². The van der Waals surface area contributed by atoms with Crippen LogP contribution in [0.4, 0.5) is 5.13 Å². The SMILES string of the molecule is C[C@H](NC(=O)Cc1csc(NC(=O)c2ccc[nH]c2=O)n1)c1ccccc1. The lowest BCUT2D eigenvalue weighted by atomic mass is 10.1. The number of aromatic nitrogens is 2. The van der Waals surface area contributed by atoms with Gasteiger partial charge in [0.15, 0.2) is 5.13 Å². The number of carbonyl (C=O) groups is 2. The van der Waals surface area contributed by atoms with Crippen molar-refractivity contribution in [2.24, 2.45) is 0 Å². The molecule has 138 valence electrons. The van der Waals surface area contributed by atoms with Gasteiger partial charge in [0, 0.05) is 11.6 Å². The van der Waals surface area contributed by atoms with Gasteiger partial charge in [-0.1, -0.05) is 30.3 Å². The van der Waals surface area contributed by atoms with Crippen molar-refractivity contribution in [3.05, 3.63) is 81.2 Å². The van der Waals surface area contributed by atoms with E-state index in [2.05, 4.69) is 20.6 Å². The van der Waals surface area contributed by atoms with E-state index < -0.39 is 11.5 Å². The Morgan fingerprint density at radius 2 is 1.96 bits per heavy atom. The average Bonchev–Trinajstić information content (AvgIpc) is 3.09. The summed E-state index contributed by atoms with van der Waals surface area (Å²) in [6, 6.07) is 12.6. The number of aromatic amines is 1. The Hall–Kier alpha value is -3.26. The summed E-state index contributed by atoms with van der Waals surface area (Å²) in [7, 11) is 0. The minimum absolute atomic E-state index is 0.00341. The topological polar surface area (TPSA) is 104 Å². The maximum atomic E-state index is 12.2. The first-order valence-electron chi connectivity index (χ1n) is 8.30. The van der Waals surface area contributed by atoms with Gasteiger partial charge in [-0.25, -0.2) is 4.98 Å². The van der Waals surface area contributed by atoms with Crippen molar-refractivity contribution < 1.29 is 9.59 Å². The fourth-order valence-electron chi connectivity index (χ4n) is 2.49. The van der Waals surface area contributed by atoms with Gasteiger partial charge in [-0.3, -0.25) is 19.7 Å². The number of pyridine rings is 1. The van der Waals surface area contributed by atoms with Crippen LogP contribution in [-0.4, -0.2) is 21.8 Å². The molecule has 0 fully saturated rings. The molecule has 0 spiro atoms. The predicted molar refractivity (Wildman–Crippen MR) is 104 cm³/mol. The average molecular weight is 382 g/mol. The van der Waals surface area contributed by atoms with Crippen molar-refractivity contribution in [1.29, 1.82) is 0 Å². The van der Waals surface area contributed by atoms with E-state index in [9.17, 15) is 14.4 Å². The molecule has 1 aromatic carbocycles. The molecule has 1 atom stereocenters. The maximum Gasteiger partial charge on any atom is 0.263 e. The summed E-state index contributed by atoms with van der Waals surface area (Å²) < 4.78 is 0. The summed E-state index contributed by atoms with van der Waals surface area (Å²) in [6.45, 7) is 1.91. The van der Waals surface area contributed by atoms with E-state index in [-0.39, 0.29) is 23.9 Å². The number of thiazole rings is 1. The molecule has 27 heavy (non-hydrogen) atoms. The third-order valence-corrected chi connectivity index (χ3v) is 4.66. The molecule has 3 rings (SSSR count). The van der Waals surface area contributed by atoms with Crippen LogP contribution in [0.3, 0.4) is 0 Å². The normalized spacial score (nSPS) is 11.6. The van der Waals surface area contributed by atoms with Crippen molar-refractivity contribution >= 4 is 28.3 Å². The molecule has 0 aliphatic carbocycles. The van der Waals surface area contributed by atoms with Crippen molar-refractivity contribution in [3.8, 4) is 0 Å². The number of nitrogens with one attached hydrogen (secondary N) is 3. The number of hydrogen-bond acceptors (Lipinski definition) is 5. The van der Waals surface area contributed by atoms with Gasteiger partial charge in [0.1, 0.15) is 5.56 Å². The van der Waals surface area contributed by atoms with E-state index in [4.69, 9.17) is 0 Å². The third-order valence-electron chi connectivity index (χ3n) is 3.85. The fourth-order valence-corrected chi connectivity index (χ4v) is 3.20. The lowest BCUT2D eigenvalue weighted by Crippen LogP contribution is -2.28. The minimum Gasteiger partial charge on any atom is -0.349 e. The van der Waals surface area contributed by atoms with Crippen LogP contribution in [0.15, 0.2) is 58.8 Å². The van der Waals surface area contributed by atoms with Gasteiger partial charge in [-0.15, -0.1) is 11.3 Å². The molecule has 8 heteroatoms. The second kappa shape index (κ2) is 8.41. The Morgan fingerprint density at radius 3 is 2.70 bits per heavy atom. The van der Waals surface area contributed by atoms with Crippen LogP contribution < -0.4 is 16.2 Å². The zero-order chi connectivity index (χ0) is 19.2. The molecule has 0 aliphatic heterocycles. The summed E-state index contributed by atoms with van der Waals surface area (Å²) in [5, 5.41) is 7.54. The van der Waals surface area contributed by atoms with Crippen molar-refractivity contribution in [2.45, 2.75) is 19.4 Å². The highest BCUT2D eigenvalue weighted by Gasteiger charge is 2.14. The molecule has 3 N–H and O–H groups in total. The van der Waals surface area contributed by atoms with Gasteiger partial charge in [-0.2, -0.15) is 0 Å². The number of rotatable bonds is 6. The highest BCUT2D eigenvalue weighted by molar-refractivity contribution is 7.14. The van der Waals surface area contributed by atoms with Gasteiger partial charge in [0.05, 0.1) is 18.2 Å². The Balaban J connectivity index is 1.58. The number of anilines is 1. The lowest BCUT2D eigenvalue weighted by molar-refractivity contribution is -0.121.